The van der Waals surface area contributed by atoms with Crippen molar-refractivity contribution in [3.63, 3.8) is 0 Å². The van der Waals surface area contributed by atoms with Gasteiger partial charge in [-0.3, -0.25) is 4.79 Å². The van der Waals surface area contributed by atoms with E-state index in [2.05, 4.69) is 20.9 Å². The van der Waals surface area contributed by atoms with Crippen LogP contribution < -0.4 is 16.0 Å². The van der Waals surface area contributed by atoms with E-state index in [0.717, 1.165) is 36.5 Å². The van der Waals surface area contributed by atoms with Crippen LogP contribution in [0, 0.1) is 5.82 Å². The summed E-state index contributed by atoms with van der Waals surface area (Å²) in [4.78, 5) is 16.7. The molecule has 1 aliphatic carbocycles. The summed E-state index contributed by atoms with van der Waals surface area (Å²) in [5.74, 6) is 0.516. The number of nitrogens with one attached hydrogen (secondary N) is 3. The van der Waals surface area contributed by atoms with Crippen molar-refractivity contribution >= 4 is 17.6 Å². The van der Waals surface area contributed by atoms with Crippen molar-refractivity contribution in [2.24, 2.45) is 4.99 Å². The molecule has 4 rings (SSSR count). The lowest BCUT2D eigenvalue weighted by Gasteiger charge is -2.19. The highest BCUT2D eigenvalue weighted by Crippen LogP contribution is 2.47. The van der Waals surface area contributed by atoms with E-state index in [-0.39, 0.29) is 22.9 Å². The summed E-state index contributed by atoms with van der Waals surface area (Å²) >= 11 is 0. The number of amides is 1. The highest BCUT2D eigenvalue weighted by atomic mass is 19.1. The smallest absolute Gasteiger partial charge is 0.291 e. The molecule has 0 unspecified atom stereocenters. The quantitative estimate of drug-likeness (QED) is 0.361. The van der Waals surface area contributed by atoms with Crippen LogP contribution in [0.5, 0.6) is 0 Å². The third-order valence-corrected chi connectivity index (χ3v) is 5.61. The van der Waals surface area contributed by atoms with Crippen LogP contribution in [-0.4, -0.2) is 25.0 Å². The van der Waals surface area contributed by atoms with E-state index >= 15 is 0 Å². The number of benzene rings is 2. The number of hydrogen-bond acceptors (Lipinski definition) is 3. The van der Waals surface area contributed by atoms with Gasteiger partial charge >= 0.3 is 0 Å². The van der Waals surface area contributed by atoms with Crippen molar-refractivity contribution in [3.05, 3.63) is 89.6 Å². The Morgan fingerprint density at radius 2 is 1.91 bits per heavy atom. The molecule has 1 aromatic heterocycles. The number of hydrogen-bond donors (Lipinski definition) is 3. The van der Waals surface area contributed by atoms with E-state index in [0.29, 0.717) is 18.8 Å². The van der Waals surface area contributed by atoms with Crippen LogP contribution in [0.2, 0.25) is 0 Å². The third kappa shape index (κ3) is 5.35. The first-order valence-electron chi connectivity index (χ1n) is 10.8. The summed E-state index contributed by atoms with van der Waals surface area (Å²) in [5.41, 5.74) is 2.72. The number of guanidine groups is 1. The molecule has 1 amide bonds. The van der Waals surface area contributed by atoms with Crippen LogP contribution in [0.1, 0.15) is 41.4 Å². The van der Waals surface area contributed by atoms with Gasteiger partial charge in [-0.05, 0) is 67.3 Å². The Morgan fingerprint density at radius 3 is 2.56 bits per heavy atom. The average Bonchev–Trinajstić information content (AvgIpc) is 3.39. The molecule has 166 valence electrons. The highest BCUT2D eigenvalue weighted by molar-refractivity contribution is 6.02. The van der Waals surface area contributed by atoms with E-state index in [1.165, 1.54) is 12.3 Å². The van der Waals surface area contributed by atoms with E-state index in [1.807, 2.05) is 37.3 Å². The summed E-state index contributed by atoms with van der Waals surface area (Å²) in [7, 11) is 0. The van der Waals surface area contributed by atoms with Crippen molar-refractivity contribution in [2.75, 3.05) is 18.4 Å². The standard InChI is InChI=1S/C25H27FN4O2/c1-2-27-24(29-17-25(12-13-25)19-5-3-6-20(26)15-19)28-16-18-8-10-21(11-9-18)30-23(31)22-7-4-14-32-22/h3-11,14-15H,2,12-13,16-17H2,1H3,(H,30,31)(H2,27,28,29). The molecule has 0 atom stereocenters. The number of halogens is 1. The van der Waals surface area contributed by atoms with Gasteiger partial charge in [-0.15, -0.1) is 0 Å². The van der Waals surface area contributed by atoms with Crippen LogP contribution in [-0.2, 0) is 12.0 Å². The first-order chi connectivity index (χ1) is 15.6. The second kappa shape index (κ2) is 9.68. The van der Waals surface area contributed by atoms with Gasteiger partial charge in [-0.2, -0.15) is 0 Å². The number of anilines is 1. The number of carbonyl (C=O) groups excluding carboxylic acids is 1. The zero-order valence-electron chi connectivity index (χ0n) is 18.0. The van der Waals surface area contributed by atoms with Gasteiger partial charge in [-0.1, -0.05) is 24.3 Å². The van der Waals surface area contributed by atoms with Crippen molar-refractivity contribution < 1.29 is 13.6 Å². The van der Waals surface area contributed by atoms with Crippen molar-refractivity contribution in [2.45, 2.75) is 31.7 Å². The van der Waals surface area contributed by atoms with E-state index in [4.69, 9.17) is 4.42 Å². The van der Waals surface area contributed by atoms with Gasteiger partial charge in [0.2, 0.25) is 0 Å². The van der Waals surface area contributed by atoms with E-state index in [9.17, 15) is 9.18 Å². The third-order valence-electron chi connectivity index (χ3n) is 5.61. The second-order valence-corrected chi connectivity index (χ2v) is 7.97. The molecule has 3 N–H and O–H groups in total. The molecule has 0 radical (unpaired) electrons. The number of aliphatic imine (C=N–C) groups is 1. The minimum atomic E-state index is -0.285. The molecule has 1 heterocycles. The molecule has 0 saturated heterocycles. The Balaban J connectivity index is 1.34. The predicted molar refractivity (Wildman–Crippen MR) is 123 cm³/mol. The van der Waals surface area contributed by atoms with Gasteiger partial charge in [0.15, 0.2) is 11.7 Å². The fourth-order valence-electron chi connectivity index (χ4n) is 3.60. The molecule has 1 saturated carbocycles. The largest absolute Gasteiger partial charge is 0.459 e. The van der Waals surface area contributed by atoms with Gasteiger partial charge < -0.3 is 20.4 Å². The maximum atomic E-state index is 13.6. The molecule has 3 aromatic rings. The first-order valence-corrected chi connectivity index (χ1v) is 10.8. The Labute approximate surface area is 186 Å². The summed E-state index contributed by atoms with van der Waals surface area (Å²) in [5, 5.41) is 9.48. The lowest BCUT2D eigenvalue weighted by Crippen LogP contribution is -2.41. The predicted octanol–water partition coefficient (Wildman–Crippen LogP) is 4.46. The number of rotatable bonds is 8. The Bertz CT molecular complexity index is 1070. The van der Waals surface area contributed by atoms with Crippen LogP contribution >= 0.6 is 0 Å². The number of carbonyl (C=O) groups is 1. The Kier molecular flexibility index (Phi) is 6.54. The maximum absolute atomic E-state index is 13.6. The lowest BCUT2D eigenvalue weighted by atomic mass is 9.96. The van der Waals surface area contributed by atoms with Crippen LogP contribution in [0.15, 0.2) is 76.3 Å². The molecule has 0 aliphatic heterocycles. The van der Waals surface area contributed by atoms with Gasteiger partial charge in [0.1, 0.15) is 5.82 Å². The van der Waals surface area contributed by atoms with E-state index in [1.54, 1.807) is 24.3 Å². The van der Waals surface area contributed by atoms with Gasteiger partial charge in [0.05, 0.1) is 12.8 Å². The van der Waals surface area contributed by atoms with Crippen LogP contribution in [0.4, 0.5) is 10.1 Å². The molecule has 0 spiro atoms. The SMILES string of the molecule is CCNC(=NCc1ccc(NC(=O)c2ccco2)cc1)NCC1(c2cccc(F)c2)CC1. The first kappa shape index (κ1) is 21.6. The van der Waals surface area contributed by atoms with Gasteiger partial charge in [-0.25, -0.2) is 9.38 Å². The average molecular weight is 435 g/mol. The minimum absolute atomic E-state index is 0.0217. The Hall–Kier alpha value is -3.61. The summed E-state index contributed by atoms with van der Waals surface area (Å²) in [6.07, 6.45) is 3.54. The molecule has 0 bridgehead atoms. The second-order valence-electron chi connectivity index (χ2n) is 7.97. The fourth-order valence-corrected chi connectivity index (χ4v) is 3.60. The van der Waals surface area contributed by atoms with Crippen LogP contribution in [0.3, 0.4) is 0 Å². The highest BCUT2D eigenvalue weighted by Gasteiger charge is 2.44. The molecule has 6 nitrogen and oxygen atoms in total. The normalized spacial score (nSPS) is 14.6. The molecular formula is C25H27FN4O2. The molecule has 32 heavy (non-hydrogen) atoms. The number of furan rings is 1. The number of nitrogens with zero attached hydrogens (tertiary/aromatic N) is 1. The molecular weight excluding hydrogens is 407 g/mol. The monoisotopic (exact) mass is 434 g/mol. The lowest BCUT2D eigenvalue weighted by molar-refractivity contribution is 0.0996. The summed E-state index contributed by atoms with van der Waals surface area (Å²) < 4.78 is 18.7. The van der Waals surface area contributed by atoms with Crippen molar-refractivity contribution in [3.8, 4) is 0 Å². The minimum Gasteiger partial charge on any atom is -0.459 e. The molecule has 1 aliphatic rings. The molecule has 2 aromatic carbocycles. The topological polar surface area (TPSA) is 78.7 Å². The van der Waals surface area contributed by atoms with Gasteiger partial charge in [0.25, 0.3) is 5.91 Å². The van der Waals surface area contributed by atoms with Crippen LogP contribution in [0.25, 0.3) is 0 Å². The van der Waals surface area contributed by atoms with Gasteiger partial charge in [0, 0.05) is 24.2 Å². The van der Waals surface area contributed by atoms with Crippen molar-refractivity contribution in [1.82, 2.24) is 10.6 Å². The zero-order chi connectivity index (χ0) is 22.4. The fraction of sp³-hybridized carbons (Fsp3) is 0.280. The molecule has 1 fully saturated rings. The Morgan fingerprint density at radius 1 is 1.09 bits per heavy atom. The summed E-state index contributed by atoms with van der Waals surface area (Å²) in [6.45, 7) is 3.97. The maximum Gasteiger partial charge on any atom is 0.291 e. The summed E-state index contributed by atoms with van der Waals surface area (Å²) in [6, 6.07) is 17.7. The zero-order valence-corrected chi connectivity index (χ0v) is 18.0. The van der Waals surface area contributed by atoms with E-state index < -0.39 is 0 Å². The van der Waals surface area contributed by atoms with Crippen molar-refractivity contribution in [1.29, 1.82) is 0 Å². The molecule has 7 heteroatoms.